The van der Waals surface area contributed by atoms with Gasteiger partial charge in [-0.2, -0.15) is 0 Å². The van der Waals surface area contributed by atoms with E-state index in [0.717, 1.165) is 31.7 Å². The van der Waals surface area contributed by atoms with Gasteiger partial charge in [-0.15, -0.1) is 0 Å². The van der Waals surface area contributed by atoms with Gasteiger partial charge in [-0.1, -0.05) is 6.42 Å². The number of nitrogens with zero attached hydrogens (tertiary/aromatic N) is 3. The fourth-order valence-electron chi connectivity index (χ4n) is 3.77. The number of imidazole rings is 1. The highest BCUT2D eigenvalue weighted by atomic mass is 16.5. The van der Waals surface area contributed by atoms with Crippen molar-refractivity contribution in [3.05, 3.63) is 42.6 Å². The number of carbonyl (C=O) groups is 1. The van der Waals surface area contributed by atoms with Gasteiger partial charge >= 0.3 is 0 Å². The van der Waals surface area contributed by atoms with Gasteiger partial charge in [0.25, 0.3) is 5.91 Å². The predicted octanol–water partition coefficient (Wildman–Crippen LogP) is 1.96. The molecule has 0 unspecified atom stereocenters. The quantitative estimate of drug-likeness (QED) is 0.937. The van der Waals surface area contributed by atoms with Crippen LogP contribution < -0.4 is 5.32 Å². The van der Waals surface area contributed by atoms with Gasteiger partial charge in [0.15, 0.2) is 0 Å². The molecule has 23 heavy (non-hydrogen) atoms. The van der Waals surface area contributed by atoms with Crippen LogP contribution in [0.25, 0.3) is 5.82 Å². The average molecular weight is 312 g/mol. The molecule has 0 spiro atoms. The maximum atomic E-state index is 12.4. The lowest BCUT2D eigenvalue weighted by molar-refractivity contribution is 0.0669. The largest absolute Gasteiger partial charge is 0.378 e. The van der Waals surface area contributed by atoms with Gasteiger partial charge in [0, 0.05) is 37.2 Å². The minimum atomic E-state index is -0.0680. The van der Waals surface area contributed by atoms with Crippen LogP contribution >= 0.6 is 0 Å². The van der Waals surface area contributed by atoms with Gasteiger partial charge in [0.05, 0.1) is 11.7 Å². The Morgan fingerprint density at radius 1 is 1.43 bits per heavy atom. The van der Waals surface area contributed by atoms with E-state index in [9.17, 15) is 4.79 Å². The summed E-state index contributed by atoms with van der Waals surface area (Å²) in [4.78, 5) is 20.7. The summed E-state index contributed by atoms with van der Waals surface area (Å²) in [5, 5.41) is 3.08. The molecular formula is C17H20N4O2. The molecule has 120 valence electrons. The normalized spacial score (nSPS) is 26.2. The molecule has 0 aromatic carbocycles. The van der Waals surface area contributed by atoms with E-state index in [-0.39, 0.29) is 11.3 Å². The molecule has 1 saturated carbocycles. The third-order valence-corrected chi connectivity index (χ3v) is 5.12. The Bertz CT molecular complexity index is 671. The number of aromatic nitrogens is 3. The van der Waals surface area contributed by atoms with E-state index >= 15 is 0 Å². The average Bonchev–Trinajstić information content (AvgIpc) is 3.29. The summed E-state index contributed by atoms with van der Waals surface area (Å²) in [6.45, 7) is 1.52. The van der Waals surface area contributed by atoms with E-state index in [4.69, 9.17) is 4.74 Å². The first kappa shape index (κ1) is 14.4. The number of nitrogens with one attached hydrogen (secondary N) is 1. The third kappa shape index (κ3) is 2.63. The van der Waals surface area contributed by atoms with Crippen molar-refractivity contribution < 1.29 is 9.53 Å². The van der Waals surface area contributed by atoms with E-state index in [1.54, 1.807) is 29.4 Å². The molecular weight excluding hydrogens is 292 g/mol. The van der Waals surface area contributed by atoms with Crippen LogP contribution in [0, 0.1) is 5.41 Å². The number of ether oxygens (including phenoxy) is 1. The minimum absolute atomic E-state index is 0.0680. The number of carbonyl (C=O) groups excluding carboxylic acids is 1. The van der Waals surface area contributed by atoms with Crippen molar-refractivity contribution in [2.45, 2.75) is 31.8 Å². The van der Waals surface area contributed by atoms with Gasteiger partial charge in [-0.05, 0) is 31.4 Å². The Balaban J connectivity index is 1.41. The summed E-state index contributed by atoms with van der Waals surface area (Å²) in [5.41, 5.74) is 0.735. The molecule has 1 N–H and O–H groups in total. The minimum Gasteiger partial charge on any atom is -0.378 e. The summed E-state index contributed by atoms with van der Waals surface area (Å²) in [6, 6.07) is 3.62. The van der Waals surface area contributed by atoms with E-state index in [0.29, 0.717) is 18.2 Å². The molecule has 2 aromatic rings. The lowest BCUT2D eigenvalue weighted by Gasteiger charge is -2.27. The van der Waals surface area contributed by atoms with Crippen molar-refractivity contribution in [2.24, 2.45) is 5.41 Å². The van der Waals surface area contributed by atoms with Gasteiger partial charge in [0.1, 0.15) is 12.1 Å². The summed E-state index contributed by atoms with van der Waals surface area (Å²) in [5.74, 6) is 0.680. The van der Waals surface area contributed by atoms with Gasteiger partial charge in [0.2, 0.25) is 0 Å². The SMILES string of the molecule is O=C(NC[C@]12CCC[C@H]1OCC2)c1ccc(-n2ccnc2)nc1. The maximum Gasteiger partial charge on any atom is 0.252 e. The molecule has 6 heteroatoms. The molecule has 1 aliphatic carbocycles. The fraction of sp³-hybridized carbons (Fsp3) is 0.471. The van der Waals surface area contributed by atoms with Gasteiger partial charge in [-0.25, -0.2) is 9.97 Å². The zero-order valence-corrected chi connectivity index (χ0v) is 12.9. The van der Waals surface area contributed by atoms with Crippen molar-refractivity contribution in [1.29, 1.82) is 0 Å². The molecule has 2 aliphatic rings. The molecule has 0 bridgehead atoms. The van der Waals surface area contributed by atoms with Crippen LogP contribution in [0.1, 0.15) is 36.0 Å². The Morgan fingerprint density at radius 2 is 2.39 bits per heavy atom. The summed E-state index contributed by atoms with van der Waals surface area (Å²) < 4.78 is 7.61. The molecule has 1 saturated heterocycles. The van der Waals surface area contributed by atoms with E-state index in [1.165, 1.54) is 6.42 Å². The second kappa shape index (κ2) is 5.77. The molecule has 4 rings (SSSR count). The molecule has 1 amide bonds. The lowest BCUT2D eigenvalue weighted by Crippen LogP contribution is -2.39. The molecule has 3 heterocycles. The van der Waals surface area contributed by atoms with Crippen LogP contribution in [0.3, 0.4) is 0 Å². The number of pyridine rings is 1. The van der Waals surface area contributed by atoms with Gasteiger partial charge in [-0.3, -0.25) is 9.36 Å². The molecule has 2 aromatic heterocycles. The highest BCUT2D eigenvalue weighted by Crippen LogP contribution is 2.46. The first-order chi connectivity index (χ1) is 11.3. The second-order valence-electron chi connectivity index (χ2n) is 6.42. The third-order valence-electron chi connectivity index (χ3n) is 5.12. The van der Waals surface area contributed by atoms with E-state index in [1.807, 2.05) is 12.3 Å². The van der Waals surface area contributed by atoms with Crippen molar-refractivity contribution in [3.8, 4) is 5.82 Å². The van der Waals surface area contributed by atoms with E-state index < -0.39 is 0 Å². The van der Waals surface area contributed by atoms with Crippen LogP contribution in [0.4, 0.5) is 0 Å². The summed E-state index contributed by atoms with van der Waals surface area (Å²) in [6.07, 6.45) is 11.7. The fourth-order valence-corrected chi connectivity index (χ4v) is 3.77. The van der Waals surface area contributed by atoms with Crippen LogP contribution in [0.15, 0.2) is 37.1 Å². The zero-order valence-electron chi connectivity index (χ0n) is 12.9. The topological polar surface area (TPSA) is 69.0 Å². The molecule has 2 atom stereocenters. The number of rotatable bonds is 4. The highest BCUT2D eigenvalue weighted by Gasteiger charge is 2.47. The zero-order chi connectivity index (χ0) is 15.7. The molecule has 1 aliphatic heterocycles. The highest BCUT2D eigenvalue weighted by molar-refractivity contribution is 5.93. The smallest absolute Gasteiger partial charge is 0.252 e. The molecule has 2 fully saturated rings. The molecule has 6 nitrogen and oxygen atoms in total. The van der Waals surface area contributed by atoms with Crippen LogP contribution in [0.5, 0.6) is 0 Å². The number of amides is 1. The lowest BCUT2D eigenvalue weighted by atomic mass is 9.83. The second-order valence-corrected chi connectivity index (χ2v) is 6.42. The van der Waals surface area contributed by atoms with Crippen LogP contribution in [0.2, 0.25) is 0 Å². The number of hydrogen-bond donors (Lipinski definition) is 1. The molecule has 0 radical (unpaired) electrons. The Kier molecular flexibility index (Phi) is 3.61. The van der Waals surface area contributed by atoms with Crippen molar-refractivity contribution in [1.82, 2.24) is 19.9 Å². The summed E-state index contributed by atoms with van der Waals surface area (Å²) >= 11 is 0. The number of fused-ring (bicyclic) bond motifs is 1. The van der Waals surface area contributed by atoms with Crippen LogP contribution in [-0.4, -0.2) is 39.7 Å². The van der Waals surface area contributed by atoms with Crippen molar-refractivity contribution in [2.75, 3.05) is 13.2 Å². The summed E-state index contributed by atoms with van der Waals surface area (Å²) in [7, 11) is 0. The van der Waals surface area contributed by atoms with Crippen molar-refractivity contribution >= 4 is 5.91 Å². The van der Waals surface area contributed by atoms with E-state index in [2.05, 4.69) is 15.3 Å². The van der Waals surface area contributed by atoms with Gasteiger partial charge < -0.3 is 10.1 Å². The Morgan fingerprint density at radius 3 is 3.17 bits per heavy atom. The number of hydrogen-bond acceptors (Lipinski definition) is 4. The Labute approximate surface area is 134 Å². The van der Waals surface area contributed by atoms with Crippen molar-refractivity contribution in [3.63, 3.8) is 0 Å². The standard InChI is InChI=1S/C17H20N4O2/c22-16(20-11-17-5-1-2-14(17)23-9-6-17)13-3-4-15(19-10-13)21-8-7-18-12-21/h3-4,7-8,10,12,14H,1-2,5-6,9,11H2,(H,20,22)/t14-,17-/m1/s1. The first-order valence-electron chi connectivity index (χ1n) is 8.11. The monoisotopic (exact) mass is 312 g/mol. The first-order valence-corrected chi connectivity index (χ1v) is 8.11. The Hall–Kier alpha value is -2.21. The maximum absolute atomic E-state index is 12.4. The van der Waals surface area contributed by atoms with Crippen LogP contribution in [-0.2, 0) is 4.74 Å². The predicted molar refractivity (Wildman–Crippen MR) is 84.3 cm³/mol.